The molecular weight excluding hydrogens is 204 g/mol. The summed E-state index contributed by atoms with van der Waals surface area (Å²) in [7, 11) is 4.09. The van der Waals surface area contributed by atoms with Crippen molar-refractivity contribution in [2.45, 2.75) is 6.54 Å². The van der Waals surface area contributed by atoms with Gasteiger partial charge in [0.05, 0.1) is 10.2 Å². The molecule has 2 aromatic rings. The second kappa shape index (κ2) is 4.13. The highest BCUT2D eigenvalue weighted by Crippen LogP contribution is 2.23. The smallest absolute Gasteiger partial charge is 0.0589 e. The molecule has 0 aliphatic rings. The van der Waals surface area contributed by atoms with Crippen LogP contribution in [-0.2, 0) is 13.6 Å². The Hall–Kier alpha value is -0.510. The molecule has 2 nitrogen and oxygen atoms in total. The number of rotatable bonds is 2. The molecule has 0 fully saturated rings. The Labute approximate surface area is 88.0 Å². The van der Waals surface area contributed by atoms with Crippen LogP contribution in [0.2, 0.25) is 0 Å². The molecule has 0 unspecified atom stereocenters. The van der Waals surface area contributed by atoms with Crippen LogP contribution in [-0.4, -0.2) is 11.6 Å². The molecular formula is C9H13ClN2S. The van der Waals surface area contributed by atoms with Gasteiger partial charge in [-0.2, -0.15) is 0 Å². The summed E-state index contributed by atoms with van der Waals surface area (Å²) < 4.78 is 3.62. The van der Waals surface area contributed by atoms with Crippen molar-refractivity contribution in [2.75, 3.05) is 7.05 Å². The van der Waals surface area contributed by atoms with E-state index >= 15 is 0 Å². The number of halogens is 1. The van der Waals surface area contributed by atoms with Gasteiger partial charge in [0.25, 0.3) is 0 Å². The Balaban J connectivity index is 0.000000845. The monoisotopic (exact) mass is 216 g/mol. The predicted molar refractivity (Wildman–Crippen MR) is 60.8 cm³/mol. The molecule has 0 amide bonds. The van der Waals surface area contributed by atoms with Gasteiger partial charge in [-0.3, -0.25) is 0 Å². The minimum Gasteiger partial charge on any atom is -0.346 e. The van der Waals surface area contributed by atoms with Gasteiger partial charge in [0.1, 0.15) is 0 Å². The highest BCUT2D eigenvalue weighted by Gasteiger charge is 2.04. The maximum absolute atomic E-state index is 3.16. The summed E-state index contributed by atoms with van der Waals surface area (Å²) in [5, 5.41) is 5.29. The van der Waals surface area contributed by atoms with Gasteiger partial charge in [-0.1, -0.05) is 0 Å². The predicted octanol–water partition coefficient (Wildman–Crippen LogP) is 2.38. The summed E-state index contributed by atoms with van der Waals surface area (Å²) in [5.74, 6) is 0. The zero-order valence-electron chi connectivity index (χ0n) is 7.70. The zero-order chi connectivity index (χ0) is 8.55. The topological polar surface area (TPSA) is 17.0 Å². The molecule has 2 aromatic heterocycles. The van der Waals surface area contributed by atoms with E-state index in [4.69, 9.17) is 0 Å². The molecule has 0 spiro atoms. The van der Waals surface area contributed by atoms with E-state index in [9.17, 15) is 0 Å². The minimum atomic E-state index is 0. The molecule has 0 atom stereocenters. The van der Waals surface area contributed by atoms with Crippen LogP contribution in [0.15, 0.2) is 17.5 Å². The van der Waals surface area contributed by atoms with Gasteiger partial charge >= 0.3 is 0 Å². The Morgan fingerprint density at radius 1 is 1.54 bits per heavy atom. The van der Waals surface area contributed by atoms with Gasteiger partial charge in [-0.05, 0) is 24.6 Å². The van der Waals surface area contributed by atoms with Crippen molar-refractivity contribution in [1.82, 2.24) is 9.88 Å². The Morgan fingerprint density at radius 2 is 2.31 bits per heavy atom. The van der Waals surface area contributed by atoms with Crippen LogP contribution in [0.3, 0.4) is 0 Å². The summed E-state index contributed by atoms with van der Waals surface area (Å²) in [5.41, 5.74) is 2.68. The number of aromatic nitrogens is 1. The van der Waals surface area contributed by atoms with Gasteiger partial charge in [0, 0.05) is 19.3 Å². The average Bonchev–Trinajstić information content (AvgIpc) is 2.58. The van der Waals surface area contributed by atoms with Crippen LogP contribution in [0.5, 0.6) is 0 Å². The van der Waals surface area contributed by atoms with Crippen LogP contribution >= 0.6 is 23.7 Å². The lowest BCUT2D eigenvalue weighted by molar-refractivity contribution is 0.745. The van der Waals surface area contributed by atoms with E-state index in [0.29, 0.717) is 0 Å². The lowest BCUT2D eigenvalue weighted by Crippen LogP contribution is -2.08. The van der Waals surface area contributed by atoms with Gasteiger partial charge in [0.15, 0.2) is 0 Å². The average molecular weight is 217 g/mol. The first-order valence-electron chi connectivity index (χ1n) is 3.99. The first-order chi connectivity index (χ1) is 5.83. The van der Waals surface area contributed by atoms with Crippen molar-refractivity contribution in [3.63, 3.8) is 0 Å². The molecule has 2 rings (SSSR count). The quantitative estimate of drug-likeness (QED) is 0.816. The number of fused-ring (bicyclic) bond motifs is 1. The third kappa shape index (κ3) is 1.73. The highest BCUT2D eigenvalue weighted by atomic mass is 35.5. The number of thiophene rings is 1. The van der Waals surface area contributed by atoms with Crippen LogP contribution in [0.1, 0.15) is 5.69 Å². The number of hydrogen-bond acceptors (Lipinski definition) is 2. The normalized spacial score (nSPS) is 10.3. The Kier molecular flexibility index (Phi) is 3.36. The van der Waals surface area contributed by atoms with Crippen molar-refractivity contribution in [3.05, 3.63) is 23.2 Å². The van der Waals surface area contributed by atoms with Crippen molar-refractivity contribution in [1.29, 1.82) is 0 Å². The van der Waals surface area contributed by atoms with E-state index in [-0.39, 0.29) is 12.4 Å². The lowest BCUT2D eigenvalue weighted by Gasteiger charge is -2.01. The highest BCUT2D eigenvalue weighted by molar-refractivity contribution is 7.17. The maximum Gasteiger partial charge on any atom is 0.0589 e. The molecule has 0 bridgehead atoms. The van der Waals surface area contributed by atoms with Gasteiger partial charge in [-0.25, -0.2) is 0 Å². The SMILES string of the molecule is CNCc1cc2sccc2n1C.Cl. The third-order valence-corrected chi connectivity index (χ3v) is 2.97. The Bertz CT molecular complexity index is 391. The van der Waals surface area contributed by atoms with E-state index in [2.05, 4.69) is 34.4 Å². The third-order valence-electron chi connectivity index (χ3n) is 2.12. The second-order valence-corrected chi connectivity index (χ2v) is 3.84. The van der Waals surface area contributed by atoms with Crippen molar-refractivity contribution >= 4 is 34.0 Å². The number of aryl methyl sites for hydroxylation is 1. The Morgan fingerprint density at radius 3 is 2.92 bits per heavy atom. The molecule has 0 saturated carbocycles. The van der Waals surface area contributed by atoms with Gasteiger partial charge in [0.2, 0.25) is 0 Å². The first-order valence-corrected chi connectivity index (χ1v) is 4.87. The number of nitrogens with one attached hydrogen (secondary N) is 1. The molecule has 2 heterocycles. The van der Waals surface area contributed by atoms with E-state index in [1.807, 2.05) is 7.05 Å². The fraction of sp³-hybridized carbons (Fsp3) is 0.333. The van der Waals surface area contributed by atoms with E-state index in [1.165, 1.54) is 15.9 Å². The molecule has 13 heavy (non-hydrogen) atoms. The minimum absolute atomic E-state index is 0. The summed E-state index contributed by atoms with van der Waals surface area (Å²) in [6, 6.07) is 4.41. The molecule has 0 saturated heterocycles. The van der Waals surface area contributed by atoms with E-state index in [1.54, 1.807) is 11.3 Å². The fourth-order valence-corrected chi connectivity index (χ4v) is 2.33. The van der Waals surface area contributed by atoms with E-state index < -0.39 is 0 Å². The molecule has 0 radical (unpaired) electrons. The van der Waals surface area contributed by atoms with Gasteiger partial charge < -0.3 is 9.88 Å². The molecule has 0 aliphatic heterocycles. The maximum atomic E-state index is 3.16. The van der Waals surface area contributed by atoms with Crippen LogP contribution in [0.4, 0.5) is 0 Å². The zero-order valence-corrected chi connectivity index (χ0v) is 9.34. The summed E-state index contributed by atoms with van der Waals surface area (Å²) >= 11 is 1.80. The molecule has 1 N–H and O–H groups in total. The van der Waals surface area contributed by atoms with Gasteiger partial charge in [-0.15, -0.1) is 23.7 Å². The van der Waals surface area contributed by atoms with Crippen LogP contribution in [0.25, 0.3) is 10.2 Å². The summed E-state index contributed by atoms with van der Waals surface area (Å²) in [6.07, 6.45) is 0. The standard InChI is InChI=1S/C9H12N2S.ClH/c1-10-6-7-5-9-8(11(7)2)3-4-12-9;/h3-5,10H,6H2,1-2H3;1H. The van der Waals surface area contributed by atoms with E-state index in [0.717, 1.165) is 6.54 Å². The molecule has 0 aliphatic carbocycles. The largest absolute Gasteiger partial charge is 0.346 e. The fourth-order valence-electron chi connectivity index (χ4n) is 1.45. The van der Waals surface area contributed by atoms with Crippen LogP contribution < -0.4 is 5.32 Å². The first kappa shape index (κ1) is 10.6. The number of nitrogens with zero attached hydrogens (tertiary/aromatic N) is 1. The molecule has 4 heteroatoms. The van der Waals surface area contributed by atoms with Crippen LogP contribution in [0, 0.1) is 0 Å². The van der Waals surface area contributed by atoms with Crippen molar-refractivity contribution in [3.8, 4) is 0 Å². The molecule has 0 aromatic carbocycles. The molecule has 72 valence electrons. The lowest BCUT2D eigenvalue weighted by atomic mass is 10.4. The second-order valence-electron chi connectivity index (χ2n) is 2.90. The summed E-state index contributed by atoms with van der Waals surface area (Å²) in [4.78, 5) is 0. The van der Waals surface area contributed by atoms with Crippen molar-refractivity contribution in [2.24, 2.45) is 7.05 Å². The van der Waals surface area contributed by atoms with Crippen molar-refractivity contribution < 1.29 is 0 Å². The number of hydrogen-bond donors (Lipinski definition) is 1. The summed E-state index contributed by atoms with van der Waals surface area (Å²) in [6.45, 7) is 0.942.